The van der Waals surface area contributed by atoms with E-state index in [0.29, 0.717) is 5.41 Å². The number of allylic oxidation sites excluding steroid dienone is 6. The first kappa shape index (κ1) is 16.4. The van der Waals surface area contributed by atoms with E-state index in [1.165, 1.54) is 22.4 Å². The molecule has 0 unspecified atom stereocenters. The van der Waals surface area contributed by atoms with Crippen LogP contribution in [0.3, 0.4) is 0 Å². The Kier molecular flexibility index (Phi) is 5.43. The standard InChI is InChI=1S/C21H27N/c1-5-7-18-14-19(16-21(3,4)15-18)9-8-17-10-12-20(13-11-17)22-6-2/h5,7-14,22H,1,6,15-16H2,2-4H3/b9-8+,18-7-. The van der Waals surface area contributed by atoms with E-state index in [2.05, 4.69) is 81.2 Å². The molecule has 1 heteroatoms. The van der Waals surface area contributed by atoms with Crippen LogP contribution in [0.4, 0.5) is 5.69 Å². The number of nitrogens with one attached hydrogen (secondary N) is 1. The molecular formula is C21H27N. The molecule has 0 saturated carbocycles. The van der Waals surface area contributed by atoms with Gasteiger partial charge in [0.05, 0.1) is 0 Å². The van der Waals surface area contributed by atoms with E-state index in [0.717, 1.165) is 19.4 Å². The summed E-state index contributed by atoms with van der Waals surface area (Å²) in [4.78, 5) is 0. The maximum atomic E-state index is 3.81. The second kappa shape index (κ2) is 7.31. The number of hydrogen-bond acceptors (Lipinski definition) is 1. The summed E-state index contributed by atoms with van der Waals surface area (Å²) in [6.45, 7) is 11.5. The second-order valence-corrected chi connectivity index (χ2v) is 6.70. The highest BCUT2D eigenvalue weighted by atomic mass is 14.8. The van der Waals surface area contributed by atoms with Gasteiger partial charge in [0, 0.05) is 12.2 Å². The van der Waals surface area contributed by atoms with Gasteiger partial charge in [-0.25, -0.2) is 0 Å². The van der Waals surface area contributed by atoms with Gasteiger partial charge in [-0.2, -0.15) is 0 Å². The van der Waals surface area contributed by atoms with Crippen LogP contribution in [-0.4, -0.2) is 6.54 Å². The molecule has 1 aliphatic rings. The molecule has 0 radical (unpaired) electrons. The zero-order chi connectivity index (χ0) is 16.0. The van der Waals surface area contributed by atoms with Crippen LogP contribution in [0.2, 0.25) is 0 Å². The lowest BCUT2D eigenvalue weighted by Gasteiger charge is -2.30. The highest BCUT2D eigenvalue weighted by molar-refractivity contribution is 5.58. The number of anilines is 1. The summed E-state index contributed by atoms with van der Waals surface area (Å²) in [6.07, 6.45) is 13.0. The lowest BCUT2D eigenvalue weighted by Crippen LogP contribution is -2.16. The van der Waals surface area contributed by atoms with Crippen molar-refractivity contribution >= 4 is 11.8 Å². The first-order chi connectivity index (χ1) is 10.5. The van der Waals surface area contributed by atoms with Crippen LogP contribution < -0.4 is 5.32 Å². The van der Waals surface area contributed by atoms with E-state index >= 15 is 0 Å². The van der Waals surface area contributed by atoms with Crippen LogP contribution >= 0.6 is 0 Å². The fraction of sp³-hybridized carbons (Fsp3) is 0.333. The molecule has 1 aromatic rings. The molecule has 1 nitrogen and oxygen atoms in total. The summed E-state index contributed by atoms with van der Waals surface area (Å²) in [5, 5.41) is 3.32. The highest BCUT2D eigenvalue weighted by Crippen LogP contribution is 2.38. The number of rotatable bonds is 5. The van der Waals surface area contributed by atoms with Crippen LogP contribution in [-0.2, 0) is 0 Å². The Morgan fingerprint density at radius 1 is 1.14 bits per heavy atom. The Hall–Kier alpha value is -2.02. The van der Waals surface area contributed by atoms with E-state index in [-0.39, 0.29) is 0 Å². The zero-order valence-corrected chi connectivity index (χ0v) is 14.0. The largest absolute Gasteiger partial charge is 0.385 e. The van der Waals surface area contributed by atoms with Gasteiger partial charge >= 0.3 is 0 Å². The molecule has 1 aromatic carbocycles. The molecular weight excluding hydrogens is 266 g/mol. The van der Waals surface area contributed by atoms with Crippen molar-refractivity contribution in [2.45, 2.75) is 33.6 Å². The molecule has 0 atom stereocenters. The molecule has 0 bridgehead atoms. The summed E-state index contributed by atoms with van der Waals surface area (Å²) in [7, 11) is 0. The lowest BCUT2D eigenvalue weighted by atomic mass is 9.75. The molecule has 0 heterocycles. The van der Waals surface area contributed by atoms with Crippen molar-refractivity contribution in [2.24, 2.45) is 5.41 Å². The first-order valence-electron chi connectivity index (χ1n) is 8.06. The third kappa shape index (κ3) is 4.77. The maximum Gasteiger partial charge on any atom is 0.0340 e. The normalized spacial score (nSPS) is 19.2. The van der Waals surface area contributed by atoms with Gasteiger partial charge in [0.25, 0.3) is 0 Å². The Morgan fingerprint density at radius 2 is 1.86 bits per heavy atom. The molecule has 0 aromatic heterocycles. The SMILES string of the molecule is C=C/C=C1C=C(/C=C/c2ccc(NCC)cc2)CC(C)(C)C/1. The van der Waals surface area contributed by atoms with Crippen molar-refractivity contribution in [3.8, 4) is 0 Å². The van der Waals surface area contributed by atoms with Crippen molar-refractivity contribution < 1.29 is 0 Å². The minimum absolute atomic E-state index is 0.318. The van der Waals surface area contributed by atoms with E-state index in [1.807, 2.05) is 6.08 Å². The van der Waals surface area contributed by atoms with Gasteiger partial charge in [-0.3, -0.25) is 0 Å². The Labute approximate surface area is 135 Å². The molecule has 1 aliphatic carbocycles. The molecule has 0 aliphatic heterocycles. The molecule has 2 rings (SSSR count). The molecule has 0 saturated heterocycles. The van der Waals surface area contributed by atoms with Crippen molar-refractivity contribution in [3.05, 3.63) is 71.9 Å². The summed E-state index contributed by atoms with van der Waals surface area (Å²) < 4.78 is 0. The van der Waals surface area contributed by atoms with Crippen LogP contribution in [0.25, 0.3) is 6.08 Å². The Bertz CT molecular complexity index is 597. The molecule has 1 N–H and O–H groups in total. The topological polar surface area (TPSA) is 12.0 Å². The van der Waals surface area contributed by atoms with Gasteiger partial charge in [-0.15, -0.1) is 0 Å². The molecule has 0 fully saturated rings. The predicted octanol–water partition coefficient (Wildman–Crippen LogP) is 5.99. The van der Waals surface area contributed by atoms with Crippen molar-refractivity contribution in [1.29, 1.82) is 0 Å². The monoisotopic (exact) mass is 293 g/mol. The fourth-order valence-corrected chi connectivity index (χ4v) is 2.99. The Morgan fingerprint density at radius 3 is 2.50 bits per heavy atom. The second-order valence-electron chi connectivity index (χ2n) is 6.70. The molecule has 116 valence electrons. The van der Waals surface area contributed by atoms with Gasteiger partial charge in [0.15, 0.2) is 0 Å². The van der Waals surface area contributed by atoms with Gasteiger partial charge in [0.2, 0.25) is 0 Å². The Balaban J connectivity index is 2.14. The predicted molar refractivity (Wildman–Crippen MR) is 99.0 cm³/mol. The molecule has 0 amide bonds. The summed E-state index contributed by atoms with van der Waals surface area (Å²) >= 11 is 0. The van der Waals surface area contributed by atoms with Crippen molar-refractivity contribution in [3.63, 3.8) is 0 Å². The van der Waals surface area contributed by atoms with Gasteiger partial charge in [0.1, 0.15) is 0 Å². The number of benzene rings is 1. The van der Waals surface area contributed by atoms with Crippen molar-refractivity contribution in [2.75, 3.05) is 11.9 Å². The average molecular weight is 293 g/mol. The lowest BCUT2D eigenvalue weighted by molar-refractivity contribution is 0.355. The smallest absolute Gasteiger partial charge is 0.0340 e. The summed E-state index contributed by atoms with van der Waals surface area (Å²) in [5.74, 6) is 0. The van der Waals surface area contributed by atoms with Crippen LogP contribution in [0.5, 0.6) is 0 Å². The van der Waals surface area contributed by atoms with E-state index in [4.69, 9.17) is 0 Å². The maximum absolute atomic E-state index is 3.81. The van der Waals surface area contributed by atoms with Crippen LogP contribution in [0, 0.1) is 5.41 Å². The molecule has 22 heavy (non-hydrogen) atoms. The van der Waals surface area contributed by atoms with E-state index in [1.54, 1.807) is 0 Å². The van der Waals surface area contributed by atoms with Gasteiger partial charge < -0.3 is 5.32 Å². The minimum atomic E-state index is 0.318. The first-order valence-corrected chi connectivity index (χ1v) is 8.06. The summed E-state index contributed by atoms with van der Waals surface area (Å²) in [5.41, 5.74) is 5.49. The summed E-state index contributed by atoms with van der Waals surface area (Å²) in [6, 6.07) is 8.57. The van der Waals surface area contributed by atoms with Gasteiger partial charge in [-0.05, 0) is 54.0 Å². The van der Waals surface area contributed by atoms with E-state index in [9.17, 15) is 0 Å². The third-order valence-corrected chi connectivity index (χ3v) is 3.85. The average Bonchev–Trinajstić information content (AvgIpc) is 2.46. The van der Waals surface area contributed by atoms with E-state index < -0.39 is 0 Å². The van der Waals surface area contributed by atoms with Crippen LogP contribution in [0.15, 0.2) is 66.3 Å². The van der Waals surface area contributed by atoms with Gasteiger partial charge in [-0.1, -0.05) is 62.9 Å². The number of hydrogen-bond donors (Lipinski definition) is 1. The minimum Gasteiger partial charge on any atom is -0.385 e. The third-order valence-electron chi connectivity index (χ3n) is 3.85. The van der Waals surface area contributed by atoms with Crippen molar-refractivity contribution in [1.82, 2.24) is 0 Å². The fourth-order valence-electron chi connectivity index (χ4n) is 2.99. The molecule has 0 spiro atoms. The zero-order valence-electron chi connectivity index (χ0n) is 14.0. The highest BCUT2D eigenvalue weighted by Gasteiger charge is 2.24. The quantitative estimate of drug-likeness (QED) is 0.703. The van der Waals surface area contributed by atoms with Crippen LogP contribution in [0.1, 0.15) is 39.2 Å².